The Kier molecular flexibility index (Phi) is 5.58. The topological polar surface area (TPSA) is 84.5 Å². The van der Waals surface area contributed by atoms with Crippen LogP contribution in [0.2, 0.25) is 0 Å². The Morgan fingerprint density at radius 1 is 1.12 bits per heavy atom. The fourth-order valence-corrected chi connectivity index (χ4v) is 3.08. The van der Waals surface area contributed by atoms with Gasteiger partial charge in [-0.05, 0) is 38.2 Å². The number of methoxy groups -OCH3 is 1. The van der Waals surface area contributed by atoms with E-state index in [9.17, 15) is 13.2 Å². The van der Waals surface area contributed by atoms with Gasteiger partial charge in [0.15, 0.2) is 0 Å². The van der Waals surface area contributed by atoms with Crippen LogP contribution in [0.25, 0.3) is 0 Å². The van der Waals surface area contributed by atoms with E-state index < -0.39 is 10.0 Å². The van der Waals surface area contributed by atoms with Crippen LogP contribution >= 0.6 is 0 Å². The lowest BCUT2D eigenvalue weighted by Gasteiger charge is -2.17. The van der Waals surface area contributed by atoms with Gasteiger partial charge < -0.3 is 10.1 Å². The zero-order valence-corrected chi connectivity index (χ0v) is 14.6. The molecular weight excluding hydrogens is 328 g/mol. The van der Waals surface area contributed by atoms with E-state index in [1.54, 1.807) is 13.2 Å². The van der Waals surface area contributed by atoms with Gasteiger partial charge >= 0.3 is 0 Å². The maximum absolute atomic E-state index is 12.4. The van der Waals surface area contributed by atoms with E-state index >= 15 is 0 Å². The van der Waals surface area contributed by atoms with Crippen LogP contribution in [0.5, 0.6) is 5.75 Å². The third-order valence-electron chi connectivity index (χ3n) is 3.63. The second-order valence-corrected chi connectivity index (χ2v) is 7.06. The highest BCUT2D eigenvalue weighted by Crippen LogP contribution is 2.24. The van der Waals surface area contributed by atoms with Gasteiger partial charge in [0.05, 0.1) is 18.0 Å². The van der Waals surface area contributed by atoms with Gasteiger partial charge in [0, 0.05) is 11.1 Å². The fraction of sp³-hybridized carbons (Fsp3) is 0.235. The molecule has 1 amide bonds. The van der Waals surface area contributed by atoms with Gasteiger partial charge in [-0.2, -0.15) is 0 Å². The maximum Gasteiger partial charge on any atom is 0.251 e. The number of hydrogen-bond acceptors (Lipinski definition) is 4. The first-order chi connectivity index (χ1) is 11.4. The lowest BCUT2D eigenvalue weighted by molar-refractivity contribution is 0.0939. The molecule has 0 spiro atoms. The SMILES string of the molecule is CNS(=O)(=O)c1cccc(C(=O)NC(C)c2ccccc2OC)c1. The lowest BCUT2D eigenvalue weighted by atomic mass is 10.1. The summed E-state index contributed by atoms with van der Waals surface area (Å²) in [4.78, 5) is 12.5. The van der Waals surface area contributed by atoms with Crippen molar-refractivity contribution in [1.82, 2.24) is 10.0 Å². The third kappa shape index (κ3) is 3.93. The molecule has 2 aromatic rings. The molecule has 0 heterocycles. The Morgan fingerprint density at radius 3 is 2.50 bits per heavy atom. The molecule has 1 unspecified atom stereocenters. The summed E-state index contributed by atoms with van der Waals surface area (Å²) in [6.45, 7) is 1.84. The predicted octanol–water partition coefficient (Wildman–Crippen LogP) is 2.09. The smallest absolute Gasteiger partial charge is 0.251 e. The van der Waals surface area contributed by atoms with Gasteiger partial charge in [-0.3, -0.25) is 4.79 Å². The molecule has 0 saturated heterocycles. The minimum atomic E-state index is -3.60. The van der Waals surface area contributed by atoms with Crippen molar-refractivity contribution in [1.29, 1.82) is 0 Å². The van der Waals surface area contributed by atoms with Crippen LogP contribution in [-0.2, 0) is 10.0 Å². The van der Waals surface area contributed by atoms with Crippen molar-refractivity contribution in [3.8, 4) is 5.75 Å². The molecule has 24 heavy (non-hydrogen) atoms. The monoisotopic (exact) mass is 348 g/mol. The van der Waals surface area contributed by atoms with Gasteiger partial charge in [-0.25, -0.2) is 13.1 Å². The van der Waals surface area contributed by atoms with Gasteiger partial charge in [-0.1, -0.05) is 24.3 Å². The van der Waals surface area contributed by atoms with Gasteiger partial charge in [-0.15, -0.1) is 0 Å². The zero-order chi connectivity index (χ0) is 17.7. The zero-order valence-electron chi connectivity index (χ0n) is 13.7. The lowest BCUT2D eigenvalue weighted by Crippen LogP contribution is -2.27. The van der Waals surface area contributed by atoms with E-state index in [-0.39, 0.29) is 22.4 Å². The number of rotatable bonds is 6. The first-order valence-electron chi connectivity index (χ1n) is 7.36. The van der Waals surface area contributed by atoms with Crippen molar-refractivity contribution in [2.75, 3.05) is 14.2 Å². The van der Waals surface area contributed by atoms with Crippen LogP contribution in [0.4, 0.5) is 0 Å². The second-order valence-electron chi connectivity index (χ2n) is 5.17. The number of ether oxygens (including phenoxy) is 1. The highest BCUT2D eigenvalue weighted by Gasteiger charge is 2.17. The normalized spacial score (nSPS) is 12.5. The van der Waals surface area contributed by atoms with E-state index in [4.69, 9.17) is 4.74 Å². The van der Waals surface area contributed by atoms with Crippen LogP contribution in [-0.4, -0.2) is 28.5 Å². The summed E-state index contributed by atoms with van der Waals surface area (Å²) >= 11 is 0. The Hall–Kier alpha value is -2.38. The largest absolute Gasteiger partial charge is 0.496 e. The molecule has 2 aromatic carbocycles. The van der Waals surface area contributed by atoms with Gasteiger partial charge in [0.2, 0.25) is 10.0 Å². The summed E-state index contributed by atoms with van der Waals surface area (Å²) in [7, 11) is -0.701. The summed E-state index contributed by atoms with van der Waals surface area (Å²) in [5, 5.41) is 2.85. The molecule has 1 atom stereocenters. The molecule has 2 rings (SSSR count). The molecular formula is C17H20N2O4S. The Morgan fingerprint density at radius 2 is 1.83 bits per heavy atom. The van der Waals surface area contributed by atoms with Crippen molar-refractivity contribution in [2.45, 2.75) is 17.9 Å². The third-order valence-corrected chi connectivity index (χ3v) is 5.04. The number of carbonyl (C=O) groups excluding carboxylic acids is 1. The highest BCUT2D eigenvalue weighted by atomic mass is 32.2. The molecule has 0 bridgehead atoms. The fourth-order valence-electron chi connectivity index (χ4n) is 2.30. The van der Waals surface area contributed by atoms with E-state index in [1.165, 1.54) is 25.2 Å². The summed E-state index contributed by atoms with van der Waals surface area (Å²) < 4.78 is 31.2. The Balaban J connectivity index is 2.22. The van der Waals surface area contributed by atoms with Crippen LogP contribution in [0.15, 0.2) is 53.4 Å². The second kappa shape index (κ2) is 7.46. The van der Waals surface area contributed by atoms with E-state index in [1.807, 2.05) is 31.2 Å². The number of sulfonamides is 1. The van der Waals surface area contributed by atoms with E-state index in [2.05, 4.69) is 10.0 Å². The van der Waals surface area contributed by atoms with Crippen molar-refractivity contribution in [3.63, 3.8) is 0 Å². The number of benzene rings is 2. The van der Waals surface area contributed by atoms with Crippen LogP contribution in [0.3, 0.4) is 0 Å². The average molecular weight is 348 g/mol. The Labute approximate surface area is 141 Å². The van der Waals surface area contributed by atoms with Gasteiger partial charge in [0.25, 0.3) is 5.91 Å². The van der Waals surface area contributed by atoms with Crippen molar-refractivity contribution >= 4 is 15.9 Å². The number of amides is 1. The first kappa shape index (κ1) is 18.0. The first-order valence-corrected chi connectivity index (χ1v) is 8.84. The molecule has 0 aromatic heterocycles. The van der Waals surface area contributed by atoms with Crippen LogP contribution in [0.1, 0.15) is 28.9 Å². The molecule has 7 heteroatoms. The predicted molar refractivity (Wildman–Crippen MR) is 91.6 cm³/mol. The molecule has 6 nitrogen and oxygen atoms in total. The maximum atomic E-state index is 12.4. The average Bonchev–Trinajstić information content (AvgIpc) is 2.61. The van der Waals surface area contributed by atoms with E-state index in [0.717, 1.165) is 5.56 Å². The van der Waals surface area contributed by atoms with Crippen LogP contribution < -0.4 is 14.8 Å². The standard InChI is InChI=1S/C17H20N2O4S/c1-12(15-9-4-5-10-16(15)23-3)19-17(20)13-7-6-8-14(11-13)24(21,22)18-2/h4-12,18H,1-3H3,(H,19,20). The number of para-hydroxylation sites is 1. The van der Waals surface area contributed by atoms with Gasteiger partial charge in [0.1, 0.15) is 5.75 Å². The highest BCUT2D eigenvalue weighted by molar-refractivity contribution is 7.89. The number of carbonyl (C=O) groups is 1. The minimum absolute atomic E-state index is 0.0441. The molecule has 2 N–H and O–H groups in total. The van der Waals surface area contributed by atoms with Crippen molar-refractivity contribution in [3.05, 3.63) is 59.7 Å². The van der Waals surface area contributed by atoms with Crippen LogP contribution in [0, 0.1) is 0 Å². The molecule has 0 fully saturated rings. The molecule has 0 aliphatic rings. The summed E-state index contributed by atoms with van der Waals surface area (Å²) in [5.74, 6) is 0.318. The number of hydrogen-bond donors (Lipinski definition) is 2. The molecule has 0 saturated carbocycles. The minimum Gasteiger partial charge on any atom is -0.496 e. The Bertz CT molecular complexity index is 834. The van der Waals surface area contributed by atoms with Crippen molar-refractivity contribution < 1.29 is 17.9 Å². The molecule has 128 valence electrons. The molecule has 0 aliphatic carbocycles. The molecule has 0 aliphatic heterocycles. The molecule has 0 radical (unpaired) electrons. The quantitative estimate of drug-likeness (QED) is 0.837. The van der Waals surface area contributed by atoms with Crippen molar-refractivity contribution in [2.24, 2.45) is 0 Å². The summed E-state index contributed by atoms with van der Waals surface area (Å²) in [6.07, 6.45) is 0. The van der Waals surface area contributed by atoms with E-state index in [0.29, 0.717) is 5.75 Å². The summed E-state index contributed by atoms with van der Waals surface area (Å²) in [5.41, 5.74) is 1.11. The number of nitrogens with one attached hydrogen (secondary N) is 2. The summed E-state index contributed by atoms with van der Waals surface area (Å²) in [6, 6.07) is 13.0.